The summed E-state index contributed by atoms with van der Waals surface area (Å²) in [7, 11) is 0. The van der Waals surface area contributed by atoms with Gasteiger partial charge in [-0.2, -0.15) is 0 Å². The first kappa shape index (κ1) is 17.2. The molecule has 21 heavy (non-hydrogen) atoms. The van der Waals surface area contributed by atoms with Crippen LogP contribution in [0.25, 0.3) is 0 Å². The van der Waals surface area contributed by atoms with Gasteiger partial charge in [-0.15, -0.1) is 0 Å². The summed E-state index contributed by atoms with van der Waals surface area (Å²) < 4.78 is 11.6. The van der Waals surface area contributed by atoms with Gasteiger partial charge in [0.1, 0.15) is 0 Å². The molecule has 2 heterocycles. The van der Waals surface area contributed by atoms with Crippen molar-refractivity contribution in [3.63, 3.8) is 0 Å². The highest BCUT2D eigenvalue weighted by molar-refractivity contribution is 4.99. The zero-order valence-corrected chi connectivity index (χ0v) is 14.2. The molecule has 4 atom stereocenters. The Morgan fingerprint density at radius 3 is 2.52 bits per heavy atom. The van der Waals surface area contributed by atoms with E-state index in [4.69, 9.17) is 9.47 Å². The van der Waals surface area contributed by atoms with E-state index in [-0.39, 0.29) is 17.2 Å². The van der Waals surface area contributed by atoms with Crippen LogP contribution in [0.4, 0.5) is 0 Å². The molecule has 0 bridgehead atoms. The van der Waals surface area contributed by atoms with E-state index in [0.29, 0.717) is 12.5 Å². The van der Waals surface area contributed by atoms with Crippen molar-refractivity contribution in [1.29, 1.82) is 0 Å². The highest BCUT2D eigenvalue weighted by Crippen LogP contribution is 2.40. The van der Waals surface area contributed by atoms with E-state index in [1.165, 1.54) is 0 Å². The van der Waals surface area contributed by atoms with Gasteiger partial charge in [-0.3, -0.25) is 4.90 Å². The lowest BCUT2D eigenvalue weighted by Crippen LogP contribution is -2.58. The average molecular weight is 299 g/mol. The summed E-state index contributed by atoms with van der Waals surface area (Å²) in [4.78, 5) is 2.41. The lowest BCUT2D eigenvalue weighted by molar-refractivity contribution is -0.139. The number of hydrogen-bond acceptors (Lipinski definition) is 4. The standard InChI is InChI=1S/C17H33NO3/c1-5-16(4,18(6-2)7-3)15(19)14-8-10-21-17(12-14)9-11-20-13-17/h14-15,19H,5-13H2,1-4H3. The van der Waals surface area contributed by atoms with Gasteiger partial charge in [0, 0.05) is 25.2 Å². The summed E-state index contributed by atoms with van der Waals surface area (Å²) in [5.74, 6) is 0.311. The minimum Gasteiger partial charge on any atom is -0.391 e. The smallest absolute Gasteiger partial charge is 0.0940 e. The zero-order chi connectivity index (χ0) is 15.5. The molecule has 2 aliphatic rings. The van der Waals surface area contributed by atoms with Crippen molar-refractivity contribution in [2.45, 2.75) is 70.6 Å². The molecule has 124 valence electrons. The Morgan fingerprint density at radius 2 is 2.00 bits per heavy atom. The Hall–Kier alpha value is -0.160. The van der Waals surface area contributed by atoms with E-state index in [2.05, 4.69) is 32.6 Å². The average Bonchev–Trinajstić information content (AvgIpc) is 2.95. The van der Waals surface area contributed by atoms with Crippen LogP contribution in [0.1, 0.15) is 53.4 Å². The van der Waals surface area contributed by atoms with Crippen molar-refractivity contribution in [3.05, 3.63) is 0 Å². The summed E-state index contributed by atoms with van der Waals surface area (Å²) in [6, 6.07) is 0. The summed E-state index contributed by atoms with van der Waals surface area (Å²) in [6.07, 6.45) is 3.54. The first-order valence-electron chi connectivity index (χ1n) is 8.66. The third-order valence-electron chi connectivity index (χ3n) is 5.88. The first-order chi connectivity index (χ1) is 10.0. The van der Waals surface area contributed by atoms with Crippen LogP contribution in [0, 0.1) is 5.92 Å². The van der Waals surface area contributed by atoms with Crippen LogP contribution < -0.4 is 0 Å². The van der Waals surface area contributed by atoms with E-state index in [9.17, 15) is 5.11 Å². The molecule has 2 fully saturated rings. The van der Waals surface area contributed by atoms with E-state index >= 15 is 0 Å². The molecular weight excluding hydrogens is 266 g/mol. The van der Waals surface area contributed by atoms with Gasteiger partial charge in [0.05, 0.1) is 18.3 Å². The zero-order valence-electron chi connectivity index (χ0n) is 14.2. The van der Waals surface area contributed by atoms with Crippen molar-refractivity contribution in [3.8, 4) is 0 Å². The molecule has 4 nitrogen and oxygen atoms in total. The Kier molecular flexibility index (Phi) is 5.69. The predicted octanol–water partition coefficient (Wildman–Crippen LogP) is 2.44. The molecular formula is C17H33NO3. The summed E-state index contributed by atoms with van der Waals surface area (Å²) in [5.41, 5.74) is -0.270. The minimum atomic E-state index is -0.302. The fourth-order valence-electron chi connectivity index (χ4n) is 4.27. The topological polar surface area (TPSA) is 41.9 Å². The van der Waals surface area contributed by atoms with Crippen LogP contribution in [0.15, 0.2) is 0 Å². The molecule has 1 spiro atoms. The van der Waals surface area contributed by atoms with Crippen LogP contribution in [-0.4, -0.2) is 60.2 Å². The maximum atomic E-state index is 11.1. The van der Waals surface area contributed by atoms with Crippen LogP contribution in [0.5, 0.6) is 0 Å². The Balaban J connectivity index is 2.11. The Labute approximate surface area is 129 Å². The number of ether oxygens (including phenoxy) is 2. The number of nitrogens with zero attached hydrogens (tertiary/aromatic N) is 1. The molecule has 2 rings (SSSR count). The molecule has 2 aliphatic heterocycles. The number of hydrogen-bond donors (Lipinski definition) is 1. The molecule has 0 aromatic carbocycles. The van der Waals surface area contributed by atoms with Crippen molar-refractivity contribution >= 4 is 0 Å². The second kappa shape index (κ2) is 6.95. The maximum absolute atomic E-state index is 11.1. The van der Waals surface area contributed by atoms with E-state index in [1.54, 1.807) is 0 Å². The minimum absolute atomic E-state index is 0.123. The molecule has 1 N–H and O–H groups in total. The van der Waals surface area contributed by atoms with E-state index in [1.807, 2.05) is 0 Å². The Bertz CT molecular complexity index is 326. The molecule has 0 aromatic heterocycles. The highest BCUT2D eigenvalue weighted by atomic mass is 16.6. The number of rotatable bonds is 6. The van der Waals surface area contributed by atoms with Gasteiger partial charge >= 0.3 is 0 Å². The molecule has 0 saturated carbocycles. The molecule has 0 aromatic rings. The van der Waals surface area contributed by atoms with Gasteiger partial charge in [-0.05, 0) is 45.2 Å². The SMILES string of the molecule is CCN(CC)C(C)(CC)C(O)C1CCOC2(CCOC2)C1. The third-order valence-corrected chi connectivity index (χ3v) is 5.88. The van der Waals surface area contributed by atoms with Gasteiger partial charge in [0.25, 0.3) is 0 Å². The Morgan fingerprint density at radius 1 is 1.29 bits per heavy atom. The maximum Gasteiger partial charge on any atom is 0.0940 e. The predicted molar refractivity (Wildman–Crippen MR) is 84.5 cm³/mol. The van der Waals surface area contributed by atoms with Crippen molar-refractivity contribution < 1.29 is 14.6 Å². The second-order valence-electron chi connectivity index (χ2n) is 6.91. The van der Waals surface area contributed by atoms with Crippen molar-refractivity contribution in [1.82, 2.24) is 4.90 Å². The van der Waals surface area contributed by atoms with Gasteiger partial charge in [-0.25, -0.2) is 0 Å². The molecule has 0 radical (unpaired) electrons. The highest BCUT2D eigenvalue weighted by Gasteiger charge is 2.47. The van der Waals surface area contributed by atoms with Crippen LogP contribution in [-0.2, 0) is 9.47 Å². The van der Waals surface area contributed by atoms with Gasteiger partial charge in [0.15, 0.2) is 0 Å². The van der Waals surface area contributed by atoms with Crippen LogP contribution in [0.3, 0.4) is 0 Å². The fraction of sp³-hybridized carbons (Fsp3) is 1.00. The summed E-state index contributed by atoms with van der Waals surface area (Å²) in [6.45, 7) is 13.0. The molecule has 2 saturated heterocycles. The van der Waals surface area contributed by atoms with Crippen molar-refractivity contribution in [2.75, 3.05) is 32.9 Å². The third kappa shape index (κ3) is 3.29. The fourth-order valence-corrected chi connectivity index (χ4v) is 4.27. The molecule has 4 heteroatoms. The van der Waals surface area contributed by atoms with Crippen molar-refractivity contribution in [2.24, 2.45) is 5.92 Å². The van der Waals surface area contributed by atoms with Crippen LogP contribution >= 0.6 is 0 Å². The van der Waals surface area contributed by atoms with E-state index in [0.717, 1.165) is 52.0 Å². The van der Waals surface area contributed by atoms with Gasteiger partial charge < -0.3 is 14.6 Å². The summed E-state index contributed by atoms with van der Waals surface area (Å²) >= 11 is 0. The summed E-state index contributed by atoms with van der Waals surface area (Å²) in [5, 5.41) is 11.1. The molecule has 0 aliphatic carbocycles. The van der Waals surface area contributed by atoms with Gasteiger partial charge in [-0.1, -0.05) is 20.8 Å². The second-order valence-corrected chi connectivity index (χ2v) is 6.91. The lowest BCUT2D eigenvalue weighted by Gasteiger charge is -2.49. The molecule has 4 unspecified atom stereocenters. The number of aliphatic hydroxyl groups is 1. The first-order valence-corrected chi connectivity index (χ1v) is 8.66. The van der Waals surface area contributed by atoms with Gasteiger partial charge in [0.2, 0.25) is 0 Å². The monoisotopic (exact) mass is 299 g/mol. The quantitative estimate of drug-likeness (QED) is 0.818. The van der Waals surface area contributed by atoms with E-state index < -0.39 is 0 Å². The van der Waals surface area contributed by atoms with Crippen LogP contribution in [0.2, 0.25) is 0 Å². The molecule has 0 amide bonds. The number of aliphatic hydroxyl groups excluding tert-OH is 1. The largest absolute Gasteiger partial charge is 0.391 e. The lowest BCUT2D eigenvalue weighted by atomic mass is 9.74. The normalized spacial score (nSPS) is 34.3. The number of likely N-dealkylation sites (N-methyl/N-ethyl adjacent to an activating group) is 1.